The molecule has 5 nitrogen and oxygen atoms in total. The van der Waals surface area contributed by atoms with Crippen LogP contribution in [-0.4, -0.2) is 30.7 Å². The average molecular weight is 401 g/mol. The van der Waals surface area contributed by atoms with Crippen molar-refractivity contribution in [1.29, 1.82) is 0 Å². The molecule has 2 aromatic rings. The smallest absolute Gasteiger partial charge is 0.283 e. The molecule has 29 heavy (non-hydrogen) atoms. The predicted octanol–water partition coefficient (Wildman–Crippen LogP) is 3.81. The van der Waals surface area contributed by atoms with Gasteiger partial charge in [0, 0.05) is 30.4 Å². The first-order valence-electron chi connectivity index (χ1n) is 12.3. The molecule has 0 amide bonds. The van der Waals surface area contributed by atoms with Gasteiger partial charge in [0.1, 0.15) is 17.9 Å². The fourth-order valence-electron chi connectivity index (χ4n) is 5.50. The predicted molar refractivity (Wildman–Crippen MR) is 109 cm³/mol. The lowest BCUT2D eigenvalue weighted by Crippen LogP contribution is -2.48. The maximum atomic E-state index is 14.5. The summed E-state index contributed by atoms with van der Waals surface area (Å²) < 4.78 is 65.6. The number of rotatable bonds is 2. The Balaban J connectivity index is 1.63. The largest absolute Gasteiger partial charge is 0.462 e. The highest BCUT2D eigenvalue weighted by Gasteiger charge is 2.62. The number of aromatic nitrogens is 1. The Hall–Kier alpha value is -2.47. The Bertz CT molecular complexity index is 1170. The van der Waals surface area contributed by atoms with E-state index in [9.17, 15) is 4.39 Å². The molecule has 1 aromatic carbocycles. The second-order valence-electron chi connectivity index (χ2n) is 8.43. The summed E-state index contributed by atoms with van der Waals surface area (Å²) in [6.07, 6.45) is 4.23. The van der Waals surface area contributed by atoms with Crippen LogP contribution in [-0.2, 0) is 21.4 Å². The molecule has 1 saturated carbocycles. The summed E-state index contributed by atoms with van der Waals surface area (Å²) in [6.45, 7) is -0.325. The summed E-state index contributed by atoms with van der Waals surface area (Å²) in [5.41, 5.74) is 6.16. The van der Waals surface area contributed by atoms with Gasteiger partial charge in [-0.25, -0.2) is 9.38 Å². The monoisotopic (exact) mass is 400 g/mol. The first kappa shape index (κ1) is 13.7. The minimum atomic E-state index is -2.50. The van der Waals surface area contributed by atoms with E-state index in [0.717, 1.165) is 5.56 Å². The molecule has 0 saturated heterocycles. The summed E-state index contributed by atoms with van der Waals surface area (Å²) >= 11 is 0. The lowest BCUT2D eigenvalue weighted by molar-refractivity contribution is -0.0445. The molecule has 4 atom stereocenters. The third kappa shape index (κ3) is 2.61. The number of benzene rings is 1. The summed E-state index contributed by atoms with van der Waals surface area (Å²) in [5.74, 6) is -0.593. The molecule has 1 aliphatic heterocycles. The Morgan fingerprint density at radius 2 is 2.31 bits per heavy atom. The van der Waals surface area contributed by atoms with E-state index in [0.29, 0.717) is 42.4 Å². The van der Waals surface area contributed by atoms with Gasteiger partial charge in [0.05, 0.1) is 13.0 Å². The van der Waals surface area contributed by atoms with Crippen LogP contribution in [0.25, 0.3) is 11.1 Å². The Morgan fingerprint density at radius 3 is 3.03 bits per heavy atom. The number of ether oxygens (including phenoxy) is 2. The SMILES string of the molecule is [2H]C([2H])([2H])O[C@@H]1CC[C@]2(Cc3ccc(-c4cnccc4F)cc3[C@]23N=C(N)OC3([2H])[2H])C[C@H]1C. The van der Waals surface area contributed by atoms with Crippen LogP contribution in [0.15, 0.2) is 41.7 Å². The number of amidine groups is 1. The number of pyridine rings is 1. The zero-order valence-corrected chi connectivity index (χ0v) is 16.1. The highest BCUT2D eigenvalue weighted by Crippen LogP contribution is 2.62. The number of methoxy groups -OCH3 is 1. The molecule has 2 spiro atoms. The van der Waals surface area contributed by atoms with Gasteiger partial charge in [-0.05, 0) is 60.4 Å². The van der Waals surface area contributed by atoms with Crippen molar-refractivity contribution in [3.63, 3.8) is 0 Å². The van der Waals surface area contributed by atoms with Gasteiger partial charge in [-0.2, -0.15) is 0 Å². The molecule has 152 valence electrons. The van der Waals surface area contributed by atoms with Crippen molar-refractivity contribution < 1.29 is 20.7 Å². The maximum absolute atomic E-state index is 14.5. The molecule has 1 aromatic heterocycles. The van der Waals surface area contributed by atoms with E-state index in [-0.39, 0.29) is 11.9 Å². The molecule has 5 rings (SSSR count). The van der Waals surface area contributed by atoms with E-state index in [1.165, 1.54) is 18.5 Å². The number of nitrogens with two attached hydrogens (primary N) is 1. The Morgan fingerprint density at radius 1 is 1.41 bits per heavy atom. The zero-order valence-electron chi connectivity index (χ0n) is 21.1. The van der Waals surface area contributed by atoms with Crippen molar-refractivity contribution in [1.82, 2.24) is 4.98 Å². The van der Waals surface area contributed by atoms with Crippen molar-refractivity contribution in [2.45, 2.75) is 44.2 Å². The molecule has 0 bridgehead atoms. The summed E-state index contributed by atoms with van der Waals surface area (Å²) in [4.78, 5) is 8.65. The van der Waals surface area contributed by atoms with Crippen molar-refractivity contribution >= 4 is 6.02 Å². The average Bonchev–Trinajstić information content (AvgIpc) is 3.14. The lowest BCUT2D eigenvalue weighted by atomic mass is 9.59. The third-order valence-corrected chi connectivity index (χ3v) is 6.86. The van der Waals surface area contributed by atoms with Gasteiger partial charge in [-0.1, -0.05) is 19.1 Å². The molecule has 0 radical (unpaired) electrons. The molecule has 2 N–H and O–H groups in total. The topological polar surface area (TPSA) is 69.7 Å². The third-order valence-electron chi connectivity index (χ3n) is 6.86. The van der Waals surface area contributed by atoms with Gasteiger partial charge >= 0.3 is 0 Å². The molecule has 0 unspecified atom stereocenters. The second-order valence-corrected chi connectivity index (χ2v) is 8.43. The molecule has 2 heterocycles. The number of aliphatic imine (C=N–C) groups is 1. The molecular formula is C23H26FN3O2. The minimum absolute atomic E-state index is 0.163. The van der Waals surface area contributed by atoms with E-state index in [1.54, 1.807) is 12.1 Å². The Labute approximate surface area is 177 Å². The van der Waals surface area contributed by atoms with Crippen LogP contribution in [0.3, 0.4) is 0 Å². The lowest BCUT2D eigenvalue weighted by Gasteiger charge is -2.47. The second kappa shape index (κ2) is 6.52. The van der Waals surface area contributed by atoms with E-state index < -0.39 is 36.5 Å². The van der Waals surface area contributed by atoms with Crippen LogP contribution in [0, 0.1) is 17.2 Å². The molecular weight excluding hydrogens is 369 g/mol. The fourth-order valence-corrected chi connectivity index (χ4v) is 5.50. The van der Waals surface area contributed by atoms with Gasteiger partial charge in [0.25, 0.3) is 6.02 Å². The van der Waals surface area contributed by atoms with E-state index in [4.69, 9.17) is 22.1 Å². The number of nitrogens with zero attached hydrogens (tertiary/aromatic N) is 2. The van der Waals surface area contributed by atoms with Crippen LogP contribution >= 0.6 is 0 Å². The number of hydrogen-bond donors (Lipinski definition) is 1. The van der Waals surface area contributed by atoms with Crippen LogP contribution in [0.4, 0.5) is 4.39 Å². The minimum Gasteiger partial charge on any atom is -0.462 e. The molecule has 2 aliphatic carbocycles. The van der Waals surface area contributed by atoms with Crippen molar-refractivity contribution in [2.24, 2.45) is 22.1 Å². The van der Waals surface area contributed by atoms with Crippen LogP contribution in [0.1, 0.15) is 44.2 Å². The summed E-state index contributed by atoms with van der Waals surface area (Å²) in [7, 11) is -2.50. The standard InChI is InChI=1S/C23H26FN3O2/c1-14-10-22(7-5-20(14)28-2)11-16-4-3-15(17-12-26-8-6-19(17)24)9-18(16)23(22)13-29-21(25)27-23/h3-4,6,8-9,12,14,20H,5,7,10-11,13H2,1-2H3,(H2,25,27)/t14-,20-,22-,23+/m1/s1/i2D3,13D2. The molecule has 3 aliphatic rings. The quantitative estimate of drug-likeness (QED) is 0.832. The number of hydrogen-bond acceptors (Lipinski definition) is 5. The van der Waals surface area contributed by atoms with E-state index in [1.807, 2.05) is 13.0 Å². The maximum Gasteiger partial charge on any atom is 0.283 e. The fraction of sp³-hybridized carbons (Fsp3) is 0.478. The molecule has 1 fully saturated rings. The van der Waals surface area contributed by atoms with Gasteiger partial charge < -0.3 is 15.2 Å². The van der Waals surface area contributed by atoms with Gasteiger partial charge in [0.2, 0.25) is 0 Å². The van der Waals surface area contributed by atoms with Crippen molar-refractivity contribution in [3.8, 4) is 11.1 Å². The normalized spacial score (nSPS) is 37.7. The van der Waals surface area contributed by atoms with E-state index >= 15 is 0 Å². The highest BCUT2D eigenvalue weighted by molar-refractivity contribution is 5.76. The van der Waals surface area contributed by atoms with E-state index in [2.05, 4.69) is 9.98 Å². The van der Waals surface area contributed by atoms with Gasteiger partial charge in [0.15, 0.2) is 0 Å². The molecule has 6 heteroatoms. The number of fused-ring (bicyclic) bond motifs is 3. The van der Waals surface area contributed by atoms with Crippen molar-refractivity contribution in [2.75, 3.05) is 13.6 Å². The van der Waals surface area contributed by atoms with Crippen LogP contribution < -0.4 is 5.73 Å². The van der Waals surface area contributed by atoms with Gasteiger partial charge in [-0.3, -0.25) is 4.98 Å². The number of halogens is 1. The van der Waals surface area contributed by atoms with Gasteiger partial charge in [-0.15, -0.1) is 0 Å². The first-order chi connectivity index (χ1) is 15.9. The summed E-state index contributed by atoms with van der Waals surface area (Å²) in [5, 5.41) is 0. The highest BCUT2D eigenvalue weighted by atomic mass is 19.1. The van der Waals surface area contributed by atoms with Crippen molar-refractivity contribution in [3.05, 3.63) is 53.6 Å². The zero-order chi connectivity index (χ0) is 24.5. The summed E-state index contributed by atoms with van der Waals surface area (Å²) in [6, 6.07) is 6.49. The first-order valence-corrected chi connectivity index (χ1v) is 9.83. The van der Waals surface area contributed by atoms with Crippen LogP contribution in [0.5, 0.6) is 0 Å². The van der Waals surface area contributed by atoms with Crippen LogP contribution in [0.2, 0.25) is 0 Å². The Kier molecular flexibility index (Phi) is 3.08.